The van der Waals surface area contributed by atoms with Crippen LogP contribution in [0.1, 0.15) is 51.9 Å². The summed E-state index contributed by atoms with van der Waals surface area (Å²) in [5.74, 6) is -0.107. The number of amides is 2. The SMILES string of the molecule is CC(CC#N)N1C(=O)CC2(CCCCC2)C1=O. The van der Waals surface area contributed by atoms with Crippen molar-refractivity contribution in [2.45, 2.75) is 57.9 Å². The summed E-state index contributed by atoms with van der Waals surface area (Å²) in [4.78, 5) is 25.7. The third-order valence-electron chi connectivity index (χ3n) is 4.07. The van der Waals surface area contributed by atoms with Gasteiger partial charge in [0, 0.05) is 12.5 Å². The third-order valence-corrected chi connectivity index (χ3v) is 4.07. The molecule has 1 unspecified atom stereocenters. The molecule has 2 aliphatic rings. The molecule has 0 N–H and O–H groups in total. The molecule has 1 heterocycles. The number of hydrogen-bond acceptors (Lipinski definition) is 3. The van der Waals surface area contributed by atoms with Gasteiger partial charge >= 0.3 is 0 Å². The fourth-order valence-electron chi connectivity index (χ4n) is 3.11. The Morgan fingerprint density at radius 2 is 2.00 bits per heavy atom. The molecule has 2 amide bonds. The second-order valence-electron chi connectivity index (χ2n) is 5.30. The average molecular weight is 234 g/mol. The molecule has 2 fully saturated rings. The first-order valence-electron chi connectivity index (χ1n) is 6.34. The molecule has 0 radical (unpaired) electrons. The molecule has 0 aromatic heterocycles. The summed E-state index contributed by atoms with van der Waals surface area (Å²) >= 11 is 0. The number of nitrogens with zero attached hydrogens (tertiary/aromatic N) is 2. The summed E-state index contributed by atoms with van der Waals surface area (Å²) in [6, 6.07) is 1.75. The molecule has 17 heavy (non-hydrogen) atoms. The molecule has 0 aromatic carbocycles. The monoisotopic (exact) mass is 234 g/mol. The molecule has 1 spiro atoms. The molecule has 4 heteroatoms. The highest BCUT2D eigenvalue weighted by molar-refractivity contribution is 6.06. The average Bonchev–Trinajstić information content (AvgIpc) is 2.52. The Hall–Kier alpha value is -1.37. The zero-order valence-corrected chi connectivity index (χ0v) is 10.2. The smallest absolute Gasteiger partial charge is 0.236 e. The number of imide groups is 1. The maximum absolute atomic E-state index is 12.4. The fourth-order valence-corrected chi connectivity index (χ4v) is 3.11. The first kappa shape index (κ1) is 12.1. The van der Waals surface area contributed by atoms with Crippen LogP contribution < -0.4 is 0 Å². The minimum absolute atomic E-state index is 0.0232. The molecule has 0 bridgehead atoms. The van der Waals surface area contributed by atoms with Crippen molar-refractivity contribution < 1.29 is 9.59 Å². The van der Waals surface area contributed by atoms with E-state index in [1.165, 1.54) is 4.90 Å². The molecule has 92 valence electrons. The second-order valence-corrected chi connectivity index (χ2v) is 5.30. The third kappa shape index (κ3) is 1.95. The predicted molar refractivity (Wildman–Crippen MR) is 61.7 cm³/mol. The highest BCUT2D eigenvalue weighted by atomic mass is 16.2. The fraction of sp³-hybridized carbons (Fsp3) is 0.769. The summed E-state index contributed by atoms with van der Waals surface area (Å²) in [7, 11) is 0. The van der Waals surface area contributed by atoms with Crippen molar-refractivity contribution >= 4 is 11.8 Å². The number of carbonyl (C=O) groups is 2. The van der Waals surface area contributed by atoms with Crippen LogP contribution >= 0.6 is 0 Å². The number of carbonyl (C=O) groups excluding carboxylic acids is 2. The summed E-state index contributed by atoms with van der Waals surface area (Å²) < 4.78 is 0. The molecule has 2 rings (SSSR count). The van der Waals surface area contributed by atoms with Gasteiger partial charge in [-0.05, 0) is 19.8 Å². The minimum Gasteiger partial charge on any atom is -0.278 e. The highest BCUT2D eigenvalue weighted by Gasteiger charge is 2.52. The lowest BCUT2D eigenvalue weighted by Crippen LogP contribution is -2.41. The Balaban J connectivity index is 2.19. The van der Waals surface area contributed by atoms with Gasteiger partial charge in [0.15, 0.2) is 0 Å². The van der Waals surface area contributed by atoms with E-state index in [0.29, 0.717) is 6.42 Å². The van der Waals surface area contributed by atoms with Gasteiger partial charge in [0.2, 0.25) is 11.8 Å². The van der Waals surface area contributed by atoms with Crippen molar-refractivity contribution in [3.63, 3.8) is 0 Å². The van der Waals surface area contributed by atoms with Gasteiger partial charge < -0.3 is 0 Å². The van der Waals surface area contributed by atoms with Crippen LogP contribution in [-0.4, -0.2) is 22.8 Å². The van der Waals surface area contributed by atoms with E-state index in [1.807, 2.05) is 6.07 Å². The molecule has 1 saturated carbocycles. The van der Waals surface area contributed by atoms with Crippen LogP contribution in [0.5, 0.6) is 0 Å². The Morgan fingerprint density at radius 3 is 2.59 bits per heavy atom. The van der Waals surface area contributed by atoms with Gasteiger partial charge in [-0.15, -0.1) is 0 Å². The Bertz CT molecular complexity index is 377. The topological polar surface area (TPSA) is 61.2 Å². The zero-order chi connectivity index (χ0) is 12.5. The van der Waals surface area contributed by atoms with Crippen LogP contribution in [-0.2, 0) is 9.59 Å². The van der Waals surface area contributed by atoms with Crippen molar-refractivity contribution in [2.24, 2.45) is 5.41 Å². The van der Waals surface area contributed by atoms with Crippen LogP contribution in [0.25, 0.3) is 0 Å². The number of rotatable bonds is 2. The maximum atomic E-state index is 12.4. The largest absolute Gasteiger partial charge is 0.278 e. The standard InChI is InChI=1S/C13H18N2O2/c1-10(5-8-14)15-11(16)9-13(12(15)17)6-3-2-4-7-13/h10H,2-7,9H2,1H3. The van der Waals surface area contributed by atoms with Crippen molar-refractivity contribution in [3.05, 3.63) is 0 Å². The summed E-state index contributed by atoms with van der Waals surface area (Å²) in [5, 5.41) is 8.67. The Labute approximate surface area is 102 Å². The van der Waals surface area contributed by atoms with E-state index < -0.39 is 5.41 Å². The van der Waals surface area contributed by atoms with Crippen LogP contribution in [0.4, 0.5) is 0 Å². The van der Waals surface area contributed by atoms with Crippen LogP contribution in [0.2, 0.25) is 0 Å². The van der Waals surface area contributed by atoms with E-state index in [-0.39, 0.29) is 24.3 Å². The van der Waals surface area contributed by atoms with Crippen LogP contribution in [0, 0.1) is 16.7 Å². The lowest BCUT2D eigenvalue weighted by molar-refractivity contribution is -0.144. The first-order chi connectivity index (χ1) is 8.10. The van der Waals surface area contributed by atoms with E-state index in [4.69, 9.17) is 5.26 Å². The van der Waals surface area contributed by atoms with E-state index in [2.05, 4.69) is 0 Å². The first-order valence-corrected chi connectivity index (χ1v) is 6.34. The molecular weight excluding hydrogens is 216 g/mol. The van der Waals surface area contributed by atoms with Crippen molar-refractivity contribution in [1.29, 1.82) is 5.26 Å². The molecule has 1 saturated heterocycles. The van der Waals surface area contributed by atoms with Gasteiger partial charge in [-0.25, -0.2) is 0 Å². The number of hydrogen-bond donors (Lipinski definition) is 0. The minimum atomic E-state index is -0.418. The summed E-state index contributed by atoms with van der Waals surface area (Å²) in [6.45, 7) is 1.78. The lowest BCUT2D eigenvalue weighted by Gasteiger charge is -2.31. The van der Waals surface area contributed by atoms with E-state index >= 15 is 0 Å². The second kappa shape index (κ2) is 4.48. The number of likely N-dealkylation sites (tertiary alicyclic amines) is 1. The van der Waals surface area contributed by atoms with Gasteiger partial charge in [0.05, 0.1) is 17.9 Å². The number of nitriles is 1. The molecule has 1 atom stereocenters. The van der Waals surface area contributed by atoms with Crippen molar-refractivity contribution in [1.82, 2.24) is 4.90 Å². The molecule has 4 nitrogen and oxygen atoms in total. The Morgan fingerprint density at radius 1 is 1.35 bits per heavy atom. The van der Waals surface area contributed by atoms with Crippen LogP contribution in [0.3, 0.4) is 0 Å². The maximum Gasteiger partial charge on any atom is 0.236 e. The normalized spacial score (nSPS) is 25.1. The molecule has 1 aliphatic carbocycles. The van der Waals surface area contributed by atoms with Gasteiger partial charge in [-0.1, -0.05) is 19.3 Å². The van der Waals surface area contributed by atoms with Gasteiger partial charge in [-0.3, -0.25) is 14.5 Å². The Kier molecular flexibility index (Phi) is 3.19. The lowest BCUT2D eigenvalue weighted by atomic mass is 9.73. The van der Waals surface area contributed by atoms with E-state index in [1.54, 1.807) is 6.92 Å². The van der Waals surface area contributed by atoms with Crippen molar-refractivity contribution in [2.75, 3.05) is 0 Å². The van der Waals surface area contributed by atoms with Crippen LogP contribution in [0.15, 0.2) is 0 Å². The molecule has 0 aromatic rings. The summed E-state index contributed by atoms with van der Waals surface area (Å²) in [5.41, 5.74) is -0.418. The van der Waals surface area contributed by atoms with E-state index in [9.17, 15) is 9.59 Å². The quantitative estimate of drug-likeness (QED) is 0.686. The summed E-state index contributed by atoms with van der Waals surface area (Å²) in [6.07, 6.45) is 5.52. The van der Waals surface area contributed by atoms with Gasteiger partial charge in [0.1, 0.15) is 0 Å². The zero-order valence-electron chi connectivity index (χ0n) is 10.2. The van der Waals surface area contributed by atoms with Gasteiger partial charge in [0.25, 0.3) is 0 Å². The molecule has 1 aliphatic heterocycles. The highest BCUT2D eigenvalue weighted by Crippen LogP contribution is 2.45. The predicted octanol–water partition coefficient (Wildman–Crippen LogP) is 2.00. The van der Waals surface area contributed by atoms with E-state index in [0.717, 1.165) is 32.1 Å². The van der Waals surface area contributed by atoms with Gasteiger partial charge in [-0.2, -0.15) is 5.26 Å². The molecular formula is C13H18N2O2. The van der Waals surface area contributed by atoms with Crippen molar-refractivity contribution in [3.8, 4) is 6.07 Å².